The van der Waals surface area contributed by atoms with Crippen LogP contribution in [-0.4, -0.2) is 31.1 Å². The topological polar surface area (TPSA) is 63.8 Å². The first-order chi connectivity index (χ1) is 9.81. The Morgan fingerprint density at radius 3 is 2.60 bits per heavy atom. The van der Waals surface area contributed by atoms with Crippen molar-refractivity contribution < 1.29 is 5.11 Å². The number of benzene rings is 1. The molecule has 108 valence electrons. The Hall–Kier alpha value is -1.56. The number of nitrogens with zero attached hydrogens (tertiary/aromatic N) is 4. The molecule has 0 aliphatic heterocycles. The average Bonchev–Trinajstić information content (AvgIpc) is 2.92. The molecule has 6 heteroatoms. The molecule has 1 N–H and O–H groups in total. The maximum Gasteiger partial charge on any atom is 0.214 e. The number of thioether (sulfide) groups is 1. The maximum absolute atomic E-state index is 9.30. The van der Waals surface area contributed by atoms with E-state index in [-0.39, 0.29) is 5.75 Å². The zero-order chi connectivity index (χ0) is 14.2. The second kappa shape index (κ2) is 7.89. The van der Waals surface area contributed by atoms with Crippen LogP contribution in [0, 0.1) is 0 Å². The Bertz CT molecular complexity index is 512. The number of phenolic OH excluding ortho intramolecular Hbond substituents is 1. The minimum atomic E-state index is 0.243. The number of hydrogen-bond acceptors (Lipinski definition) is 5. The van der Waals surface area contributed by atoms with E-state index in [4.69, 9.17) is 0 Å². The van der Waals surface area contributed by atoms with E-state index in [1.165, 1.54) is 32.1 Å². The molecule has 0 aliphatic carbocycles. The highest BCUT2D eigenvalue weighted by Crippen LogP contribution is 2.21. The Kier molecular flexibility index (Phi) is 5.86. The van der Waals surface area contributed by atoms with E-state index < -0.39 is 0 Å². The van der Waals surface area contributed by atoms with Gasteiger partial charge in [0.1, 0.15) is 5.75 Å². The second-order valence-corrected chi connectivity index (χ2v) is 5.71. The summed E-state index contributed by atoms with van der Waals surface area (Å²) in [6.07, 6.45) is 6.34. The van der Waals surface area contributed by atoms with E-state index in [1.807, 2.05) is 0 Å². The van der Waals surface area contributed by atoms with Gasteiger partial charge in [0, 0.05) is 5.75 Å². The van der Waals surface area contributed by atoms with Crippen LogP contribution in [0.15, 0.2) is 29.4 Å². The second-order valence-electron chi connectivity index (χ2n) is 4.65. The zero-order valence-corrected chi connectivity index (χ0v) is 12.5. The van der Waals surface area contributed by atoms with Crippen molar-refractivity contribution >= 4 is 11.8 Å². The molecule has 0 bridgehead atoms. The summed E-state index contributed by atoms with van der Waals surface area (Å²) in [5.41, 5.74) is 0.862. The van der Waals surface area contributed by atoms with Crippen LogP contribution in [0.3, 0.4) is 0 Å². The molecule has 5 nitrogen and oxygen atoms in total. The molecule has 2 aromatic rings. The van der Waals surface area contributed by atoms with Crippen molar-refractivity contribution in [2.24, 2.45) is 0 Å². The van der Waals surface area contributed by atoms with Gasteiger partial charge >= 0.3 is 0 Å². The largest absolute Gasteiger partial charge is 0.508 e. The van der Waals surface area contributed by atoms with Gasteiger partial charge in [-0.2, -0.15) is 4.68 Å². The first kappa shape index (κ1) is 14.8. The Morgan fingerprint density at radius 1 is 1.10 bits per heavy atom. The minimum Gasteiger partial charge on any atom is -0.508 e. The average molecular weight is 292 g/mol. The number of aromatic hydroxyl groups is 1. The molecular formula is C14H20N4OS. The van der Waals surface area contributed by atoms with Crippen LogP contribution < -0.4 is 0 Å². The summed E-state index contributed by atoms with van der Waals surface area (Å²) in [5, 5.41) is 21.9. The number of hydrogen-bond donors (Lipinski definition) is 1. The van der Waals surface area contributed by atoms with Gasteiger partial charge in [-0.3, -0.25) is 0 Å². The van der Waals surface area contributed by atoms with Gasteiger partial charge in [-0.25, -0.2) is 0 Å². The van der Waals surface area contributed by atoms with Gasteiger partial charge in [-0.15, -0.1) is 5.10 Å². The summed E-state index contributed by atoms with van der Waals surface area (Å²) in [5.74, 6) is 1.27. The lowest BCUT2D eigenvalue weighted by Crippen LogP contribution is -1.99. The van der Waals surface area contributed by atoms with Crippen molar-refractivity contribution in [1.29, 1.82) is 0 Å². The number of rotatable bonds is 8. The van der Waals surface area contributed by atoms with E-state index in [1.54, 1.807) is 40.7 Å². The van der Waals surface area contributed by atoms with Crippen LogP contribution in [-0.2, 0) is 0 Å². The van der Waals surface area contributed by atoms with Crippen molar-refractivity contribution in [2.45, 2.75) is 44.2 Å². The van der Waals surface area contributed by atoms with Crippen LogP contribution in [0.1, 0.15) is 39.0 Å². The molecule has 0 spiro atoms. The van der Waals surface area contributed by atoms with Gasteiger partial charge in [0.25, 0.3) is 0 Å². The monoisotopic (exact) mass is 292 g/mol. The Labute approximate surface area is 123 Å². The van der Waals surface area contributed by atoms with E-state index in [2.05, 4.69) is 22.4 Å². The van der Waals surface area contributed by atoms with Crippen LogP contribution in [0.5, 0.6) is 5.75 Å². The van der Waals surface area contributed by atoms with Gasteiger partial charge in [0.2, 0.25) is 5.16 Å². The lowest BCUT2D eigenvalue weighted by Gasteiger charge is -2.04. The van der Waals surface area contributed by atoms with E-state index in [0.717, 1.165) is 16.6 Å². The van der Waals surface area contributed by atoms with E-state index in [9.17, 15) is 5.11 Å². The quantitative estimate of drug-likeness (QED) is 0.596. The van der Waals surface area contributed by atoms with Crippen molar-refractivity contribution in [1.82, 2.24) is 20.2 Å². The molecular weight excluding hydrogens is 272 g/mol. The molecule has 0 aliphatic rings. The summed E-state index contributed by atoms with van der Waals surface area (Å²) < 4.78 is 1.70. The molecule has 1 aromatic heterocycles. The van der Waals surface area contributed by atoms with Gasteiger partial charge in [-0.05, 0) is 41.1 Å². The molecule has 1 aromatic carbocycles. The molecule has 2 rings (SSSR count). The lowest BCUT2D eigenvalue weighted by atomic mass is 10.2. The van der Waals surface area contributed by atoms with E-state index in [0.29, 0.717) is 0 Å². The number of tetrazole rings is 1. The third kappa shape index (κ3) is 4.23. The third-order valence-electron chi connectivity index (χ3n) is 3.01. The molecule has 20 heavy (non-hydrogen) atoms. The summed E-state index contributed by atoms with van der Waals surface area (Å²) in [4.78, 5) is 0. The SMILES string of the molecule is CCCCCCCSc1nnnn1-c1ccc(O)cc1. The molecule has 0 saturated heterocycles. The third-order valence-corrected chi connectivity index (χ3v) is 4.02. The Balaban J connectivity index is 1.87. The summed E-state index contributed by atoms with van der Waals surface area (Å²) in [6.45, 7) is 2.22. The van der Waals surface area contributed by atoms with Crippen LogP contribution in [0.4, 0.5) is 0 Å². The highest BCUT2D eigenvalue weighted by atomic mass is 32.2. The van der Waals surface area contributed by atoms with Crippen LogP contribution >= 0.6 is 11.8 Å². The fourth-order valence-corrected chi connectivity index (χ4v) is 2.78. The van der Waals surface area contributed by atoms with Crippen molar-refractivity contribution in [2.75, 3.05) is 5.75 Å². The predicted octanol–water partition coefficient (Wildman–Crippen LogP) is 3.43. The fraction of sp³-hybridized carbons (Fsp3) is 0.500. The maximum atomic E-state index is 9.30. The van der Waals surface area contributed by atoms with Gasteiger partial charge in [0.15, 0.2) is 0 Å². The van der Waals surface area contributed by atoms with Crippen molar-refractivity contribution in [3.05, 3.63) is 24.3 Å². The normalized spacial score (nSPS) is 10.8. The lowest BCUT2D eigenvalue weighted by molar-refractivity contribution is 0.475. The van der Waals surface area contributed by atoms with Gasteiger partial charge in [-0.1, -0.05) is 44.4 Å². The highest BCUT2D eigenvalue weighted by Gasteiger charge is 2.08. The van der Waals surface area contributed by atoms with Crippen molar-refractivity contribution in [3.63, 3.8) is 0 Å². The smallest absolute Gasteiger partial charge is 0.214 e. The molecule has 0 amide bonds. The standard InChI is InChI=1S/C14H20N4OS/c1-2-3-4-5-6-11-20-14-15-16-17-18(14)12-7-9-13(19)10-8-12/h7-10,19H,2-6,11H2,1H3. The minimum absolute atomic E-state index is 0.243. The number of aromatic nitrogens is 4. The molecule has 0 radical (unpaired) electrons. The molecule has 0 fully saturated rings. The Morgan fingerprint density at radius 2 is 1.85 bits per heavy atom. The van der Waals surface area contributed by atoms with Crippen LogP contribution in [0.25, 0.3) is 5.69 Å². The molecule has 0 saturated carbocycles. The fourth-order valence-electron chi connectivity index (χ4n) is 1.89. The first-order valence-electron chi connectivity index (χ1n) is 7.02. The molecule has 1 heterocycles. The van der Waals surface area contributed by atoms with Crippen molar-refractivity contribution in [3.8, 4) is 11.4 Å². The molecule has 0 atom stereocenters. The zero-order valence-electron chi connectivity index (χ0n) is 11.7. The molecule has 0 unspecified atom stereocenters. The first-order valence-corrected chi connectivity index (χ1v) is 8.00. The number of phenols is 1. The summed E-state index contributed by atoms with van der Waals surface area (Å²) >= 11 is 1.68. The van der Waals surface area contributed by atoms with Gasteiger partial charge < -0.3 is 5.11 Å². The summed E-state index contributed by atoms with van der Waals surface area (Å²) in [6, 6.07) is 6.88. The summed E-state index contributed by atoms with van der Waals surface area (Å²) in [7, 11) is 0. The predicted molar refractivity (Wildman–Crippen MR) is 80.3 cm³/mol. The van der Waals surface area contributed by atoms with Gasteiger partial charge in [0.05, 0.1) is 5.69 Å². The van der Waals surface area contributed by atoms with Crippen LogP contribution in [0.2, 0.25) is 0 Å². The highest BCUT2D eigenvalue weighted by molar-refractivity contribution is 7.99. The van der Waals surface area contributed by atoms with E-state index >= 15 is 0 Å². The number of unbranched alkanes of at least 4 members (excludes halogenated alkanes) is 4.